The summed E-state index contributed by atoms with van der Waals surface area (Å²) in [5, 5.41) is 3.84. The minimum Gasteiger partial charge on any atom is -0.339 e. The van der Waals surface area contributed by atoms with E-state index in [9.17, 15) is 8.42 Å². The van der Waals surface area contributed by atoms with Crippen LogP contribution in [-0.4, -0.2) is 18.6 Å². The Morgan fingerprint density at radius 1 is 1.16 bits per heavy atom. The maximum atomic E-state index is 12.7. The minimum absolute atomic E-state index is 0.225. The first-order valence-corrected chi connectivity index (χ1v) is 10.1. The normalized spacial score (nSPS) is 11.9. The molecule has 6 nitrogen and oxygen atoms in total. The van der Waals surface area contributed by atoms with E-state index in [1.54, 1.807) is 32.0 Å². The second kappa shape index (κ2) is 6.61. The second-order valence-electron chi connectivity index (χ2n) is 6.05. The number of hydrogen-bond acceptors (Lipinski definition) is 6. The highest BCUT2D eigenvalue weighted by atomic mass is 32.2. The smallest absolute Gasteiger partial charge is 0.263 e. The average molecular weight is 377 g/mol. The van der Waals surface area contributed by atoms with Crippen LogP contribution in [0.1, 0.15) is 36.1 Å². The fourth-order valence-electron chi connectivity index (χ4n) is 2.39. The highest BCUT2D eigenvalue weighted by Crippen LogP contribution is 2.33. The van der Waals surface area contributed by atoms with Gasteiger partial charge in [0.1, 0.15) is 4.90 Å². The number of sulfonamides is 1. The molecule has 0 aliphatic heterocycles. The fraction of sp³-hybridized carbons (Fsp3) is 0.294. The molecule has 0 saturated heterocycles. The third-order valence-corrected chi connectivity index (χ3v) is 6.42. The van der Waals surface area contributed by atoms with Crippen LogP contribution in [-0.2, 0) is 10.0 Å². The molecule has 0 amide bonds. The third kappa shape index (κ3) is 3.74. The predicted molar refractivity (Wildman–Crippen MR) is 98.4 cm³/mol. The Bertz CT molecular complexity index is 987. The van der Waals surface area contributed by atoms with Gasteiger partial charge >= 0.3 is 0 Å². The number of thiophene rings is 1. The van der Waals surface area contributed by atoms with Crippen LogP contribution in [0.5, 0.6) is 0 Å². The summed E-state index contributed by atoms with van der Waals surface area (Å²) in [6, 6.07) is 8.98. The Morgan fingerprint density at radius 2 is 1.84 bits per heavy atom. The number of rotatable bonds is 5. The van der Waals surface area contributed by atoms with Gasteiger partial charge in [0.25, 0.3) is 10.0 Å². The van der Waals surface area contributed by atoms with Crippen molar-refractivity contribution in [2.45, 2.75) is 38.5 Å². The summed E-state index contributed by atoms with van der Waals surface area (Å²) in [5.74, 6) is 1.23. The van der Waals surface area contributed by atoms with E-state index < -0.39 is 10.0 Å². The van der Waals surface area contributed by atoms with E-state index in [1.165, 1.54) is 11.3 Å². The summed E-state index contributed by atoms with van der Waals surface area (Å²) in [7, 11) is -3.68. The van der Waals surface area contributed by atoms with Crippen LogP contribution in [0.4, 0.5) is 5.69 Å². The first kappa shape index (κ1) is 17.6. The van der Waals surface area contributed by atoms with E-state index >= 15 is 0 Å². The molecule has 0 aliphatic rings. The molecule has 1 N–H and O–H groups in total. The molecule has 0 unspecified atom stereocenters. The van der Waals surface area contributed by atoms with Crippen LogP contribution in [0, 0.1) is 13.8 Å². The summed E-state index contributed by atoms with van der Waals surface area (Å²) in [4.78, 5) is 5.70. The Balaban J connectivity index is 1.88. The molecule has 0 saturated carbocycles. The molecule has 3 aromatic rings. The van der Waals surface area contributed by atoms with Gasteiger partial charge in [-0.05, 0) is 36.6 Å². The molecule has 0 aliphatic carbocycles. The number of nitrogens with one attached hydrogen (secondary N) is 1. The van der Waals surface area contributed by atoms with E-state index in [0.717, 1.165) is 5.56 Å². The largest absolute Gasteiger partial charge is 0.339 e. The third-order valence-electron chi connectivity index (χ3n) is 3.74. The molecule has 25 heavy (non-hydrogen) atoms. The molecule has 2 heterocycles. The zero-order valence-corrected chi connectivity index (χ0v) is 16.0. The summed E-state index contributed by atoms with van der Waals surface area (Å²) in [5.41, 5.74) is 1.69. The van der Waals surface area contributed by atoms with Crippen molar-refractivity contribution in [3.8, 4) is 10.7 Å². The average Bonchev–Trinajstić information content (AvgIpc) is 3.13. The SMILES string of the molecule is Cc1nc(-c2cc(S(=O)(=O)Nc3ccc(C(C)C)cc3)c(C)s2)no1. The van der Waals surface area contributed by atoms with Crippen LogP contribution < -0.4 is 4.72 Å². The van der Waals surface area contributed by atoms with Crippen molar-refractivity contribution in [3.63, 3.8) is 0 Å². The molecular formula is C17H19N3O3S2. The Morgan fingerprint density at radius 3 is 2.40 bits per heavy atom. The number of aromatic nitrogens is 2. The topological polar surface area (TPSA) is 85.1 Å². The van der Waals surface area contributed by atoms with Crippen molar-refractivity contribution >= 4 is 27.0 Å². The lowest BCUT2D eigenvalue weighted by Crippen LogP contribution is -2.13. The Labute approximate surface area is 151 Å². The number of hydrogen-bond donors (Lipinski definition) is 1. The van der Waals surface area contributed by atoms with E-state index in [4.69, 9.17) is 4.52 Å². The number of nitrogens with zero attached hydrogens (tertiary/aromatic N) is 2. The lowest BCUT2D eigenvalue weighted by molar-refractivity contribution is 0.394. The van der Waals surface area contributed by atoms with Crippen molar-refractivity contribution < 1.29 is 12.9 Å². The highest BCUT2D eigenvalue weighted by molar-refractivity contribution is 7.93. The predicted octanol–water partition coefficient (Wildman–Crippen LogP) is 4.34. The van der Waals surface area contributed by atoms with E-state index in [1.807, 2.05) is 12.1 Å². The van der Waals surface area contributed by atoms with Crippen LogP contribution in [0.2, 0.25) is 0 Å². The first-order chi connectivity index (χ1) is 11.8. The van der Waals surface area contributed by atoms with Gasteiger partial charge in [-0.15, -0.1) is 11.3 Å². The van der Waals surface area contributed by atoms with Gasteiger partial charge in [0.15, 0.2) is 0 Å². The van der Waals surface area contributed by atoms with Gasteiger partial charge in [0.05, 0.1) is 4.88 Å². The van der Waals surface area contributed by atoms with Crippen molar-refractivity contribution in [2.75, 3.05) is 4.72 Å². The molecular weight excluding hydrogens is 358 g/mol. The van der Waals surface area contributed by atoms with Crippen LogP contribution in [0.25, 0.3) is 10.7 Å². The van der Waals surface area contributed by atoms with Gasteiger partial charge in [-0.3, -0.25) is 4.72 Å². The molecule has 0 spiro atoms. The molecule has 2 aromatic heterocycles. The van der Waals surface area contributed by atoms with E-state index in [0.29, 0.717) is 33.1 Å². The molecule has 1 aromatic carbocycles. The van der Waals surface area contributed by atoms with Crippen LogP contribution in [0.3, 0.4) is 0 Å². The maximum Gasteiger partial charge on any atom is 0.263 e. The molecule has 132 valence electrons. The van der Waals surface area contributed by atoms with Gasteiger partial charge < -0.3 is 4.52 Å². The van der Waals surface area contributed by atoms with Gasteiger partial charge in [0.2, 0.25) is 11.7 Å². The zero-order valence-electron chi connectivity index (χ0n) is 14.4. The van der Waals surface area contributed by atoms with Crippen LogP contribution >= 0.6 is 11.3 Å². The lowest BCUT2D eigenvalue weighted by atomic mass is 10.0. The summed E-state index contributed by atoms with van der Waals surface area (Å²) >= 11 is 1.32. The first-order valence-electron chi connectivity index (χ1n) is 7.80. The second-order valence-corrected chi connectivity index (χ2v) is 8.96. The highest BCUT2D eigenvalue weighted by Gasteiger charge is 2.22. The standard InChI is InChI=1S/C17H19N3O3S2/c1-10(2)13-5-7-14(8-6-13)20-25(21,22)16-9-15(24-11(16)3)17-18-12(4)23-19-17/h5-10,20H,1-4H3. The van der Waals surface area contributed by atoms with Gasteiger partial charge in [-0.1, -0.05) is 31.1 Å². The molecule has 0 atom stereocenters. The lowest BCUT2D eigenvalue weighted by Gasteiger charge is -2.10. The minimum atomic E-state index is -3.68. The van der Waals surface area contributed by atoms with E-state index in [2.05, 4.69) is 28.7 Å². The van der Waals surface area contributed by atoms with Gasteiger partial charge in [0, 0.05) is 17.5 Å². The van der Waals surface area contributed by atoms with Crippen molar-refractivity contribution in [3.05, 3.63) is 46.7 Å². The quantitative estimate of drug-likeness (QED) is 0.715. The van der Waals surface area contributed by atoms with Gasteiger partial charge in [-0.25, -0.2) is 8.42 Å². The number of aryl methyl sites for hydroxylation is 2. The maximum absolute atomic E-state index is 12.7. The van der Waals surface area contributed by atoms with Gasteiger partial charge in [-0.2, -0.15) is 4.98 Å². The molecule has 0 bridgehead atoms. The zero-order chi connectivity index (χ0) is 18.2. The van der Waals surface area contributed by atoms with E-state index in [-0.39, 0.29) is 4.90 Å². The number of anilines is 1. The number of benzene rings is 1. The Hall–Kier alpha value is -2.19. The Kier molecular flexibility index (Phi) is 4.66. The van der Waals surface area contributed by atoms with Crippen molar-refractivity contribution in [2.24, 2.45) is 0 Å². The molecule has 3 rings (SSSR count). The molecule has 8 heteroatoms. The summed E-state index contributed by atoms with van der Waals surface area (Å²) in [6.07, 6.45) is 0. The fourth-order valence-corrected chi connectivity index (χ4v) is 4.96. The van der Waals surface area contributed by atoms with Crippen molar-refractivity contribution in [1.82, 2.24) is 10.1 Å². The summed E-state index contributed by atoms with van der Waals surface area (Å²) < 4.78 is 33.0. The monoisotopic (exact) mass is 377 g/mol. The van der Waals surface area contributed by atoms with Crippen LogP contribution in [0.15, 0.2) is 39.8 Å². The molecule has 0 fully saturated rings. The summed E-state index contributed by atoms with van der Waals surface area (Å²) in [6.45, 7) is 7.64. The van der Waals surface area contributed by atoms with Crippen molar-refractivity contribution in [1.29, 1.82) is 0 Å². The molecule has 0 radical (unpaired) electrons.